The van der Waals surface area contributed by atoms with E-state index in [1.807, 2.05) is 6.92 Å². The molecule has 1 heterocycles. The Labute approximate surface area is 158 Å². The van der Waals surface area contributed by atoms with Crippen molar-refractivity contribution in [1.82, 2.24) is 0 Å². The monoisotopic (exact) mass is 381 g/mol. The minimum absolute atomic E-state index is 0.0329. The van der Waals surface area contributed by atoms with Gasteiger partial charge in [0.05, 0.1) is 5.56 Å². The van der Waals surface area contributed by atoms with E-state index in [1.54, 1.807) is 22.9 Å². The molecule has 0 amide bonds. The minimum atomic E-state index is -0.917. The van der Waals surface area contributed by atoms with E-state index in [4.69, 9.17) is 0 Å². The molecule has 1 aromatic heterocycles. The molecule has 27 heavy (non-hydrogen) atoms. The van der Waals surface area contributed by atoms with Crippen molar-refractivity contribution in [3.8, 4) is 17.6 Å². The Hall–Kier alpha value is -3.17. The molecule has 2 aromatic carbocycles. The number of fused-ring (bicyclic) bond motifs is 1. The SMILES string of the molecule is Cc1cc(O)cc2c1CC(c1cc(F)c(O)cc1F)=C2c1cscc1C#N. The van der Waals surface area contributed by atoms with Crippen molar-refractivity contribution in [2.75, 3.05) is 0 Å². The molecule has 0 saturated carbocycles. The number of hydrogen-bond donors (Lipinski definition) is 2. The average molecular weight is 381 g/mol. The molecular weight excluding hydrogens is 368 g/mol. The van der Waals surface area contributed by atoms with Gasteiger partial charge in [0.15, 0.2) is 11.6 Å². The Morgan fingerprint density at radius 3 is 2.52 bits per heavy atom. The van der Waals surface area contributed by atoms with Crippen LogP contribution in [0.3, 0.4) is 0 Å². The van der Waals surface area contributed by atoms with Gasteiger partial charge in [0, 0.05) is 22.6 Å². The van der Waals surface area contributed by atoms with E-state index in [0.717, 1.165) is 23.3 Å². The number of allylic oxidation sites excluding steroid dienone is 1. The lowest BCUT2D eigenvalue weighted by Gasteiger charge is -2.11. The largest absolute Gasteiger partial charge is 0.508 e. The minimum Gasteiger partial charge on any atom is -0.508 e. The summed E-state index contributed by atoms with van der Waals surface area (Å²) < 4.78 is 28.6. The first-order valence-corrected chi connectivity index (χ1v) is 9.06. The van der Waals surface area contributed by atoms with Gasteiger partial charge in [-0.3, -0.25) is 0 Å². The summed E-state index contributed by atoms with van der Waals surface area (Å²) in [6.45, 7) is 1.84. The summed E-state index contributed by atoms with van der Waals surface area (Å²) in [6, 6.07) is 7.05. The van der Waals surface area contributed by atoms with Gasteiger partial charge in [-0.2, -0.15) is 16.6 Å². The maximum atomic E-state index is 14.6. The van der Waals surface area contributed by atoms with Gasteiger partial charge >= 0.3 is 0 Å². The lowest BCUT2D eigenvalue weighted by atomic mass is 9.93. The van der Waals surface area contributed by atoms with E-state index in [-0.39, 0.29) is 11.3 Å². The number of phenols is 2. The Kier molecular flexibility index (Phi) is 3.97. The number of benzene rings is 2. The molecule has 1 aliphatic carbocycles. The second-order valence-corrected chi connectivity index (χ2v) is 7.16. The number of phenolic OH excluding ortho intramolecular Hbond substituents is 2. The van der Waals surface area contributed by atoms with Crippen molar-refractivity contribution in [2.24, 2.45) is 0 Å². The van der Waals surface area contributed by atoms with Gasteiger partial charge in [-0.05, 0) is 64.8 Å². The van der Waals surface area contributed by atoms with Gasteiger partial charge in [0.25, 0.3) is 0 Å². The number of thiophene rings is 1. The smallest absolute Gasteiger partial charge is 0.165 e. The number of halogens is 2. The van der Waals surface area contributed by atoms with E-state index in [9.17, 15) is 24.3 Å². The van der Waals surface area contributed by atoms with Crippen LogP contribution < -0.4 is 0 Å². The lowest BCUT2D eigenvalue weighted by molar-refractivity contribution is 0.426. The fourth-order valence-electron chi connectivity index (χ4n) is 3.57. The van der Waals surface area contributed by atoms with E-state index in [1.165, 1.54) is 11.3 Å². The summed E-state index contributed by atoms with van der Waals surface area (Å²) in [5, 5.41) is 32.4. The van der Waals surface area contributed by atoms with Gasteiger partial charge in [0.1, 0.15) is 17.6 Å². The van der Waals surface area contributed by atoms with Crippen LogP contribution in [0.15, 0.2) is 35.0 Å². The zero-order valence-electron chi connectivity index (χ0n) is 14.2. The first-order chi connectivity index (χ1) is 12.9. The average Bonchev–Trinajstić information content (AvgIpc) is 3.21. The van der Waals surface area contributed by atoms with Gasteiger partial charge in [-0.1, -0.05) is 0 Å². The molecule has 0 fully saturated rings. The zero-order chi connectivity index (χ0) is 19.3. The molecule has 0 aliphatic heterocycles. The summed E-state index contributed by atoms with van der Waals surface area (Å²) >= 11 is 1.34. The Morgan fingerprint density at radius 1 is 1.00 bits per heavy atom. The van der Waals surface area contributed by atoms with Crippen LogP contribution in [0.2, 0.25) is 0 Å². The van der Waals surface area contributed by atoms with Crippen molar-refractivity contribution in [3.63, 3.8) is 0 Å². The highest BCUT2D eigenvalue weighted by Gasteiger charge is 2.29. The quantitative estimate of drug-likeness (QED) is 0.647. The van der Waals surface area contributed by atoms with E-state index in [0.29, 0.717) is 34.3 Å². The molecule has 3 aromatic rings. The molecule has 0 radical (unpaired) electrons. The molecule has 6 heteroatoms. The first kappa shape index (κ1) is 17.3. The third-order valence-corrected chi connectivity index (χ3v) is 5.54. The van der Waals surface area contributed by atoms with Crippen LogP contribution in [0.25, 0.3) is 11.1 Å². The zero-order valence-corrected chi connectivity index (χ0v) is 15.0. The highest BCUT2D eigenvalue weighted by molar-refractivity contribution is 7.08. The van der Waals surface area contributed by atoms with Gasteiger partial charge in [-0.15, -0.1) is 0 Å². The van der Waals surface area contributed by atoms with Gasteiger partial charge in [-0.25, -0.2) is 8.78 Å². The number of aryl methyl sites for hydroxylation is 1. The number of rotatable bonds is 2. The highest BCUT2D eigenvalue weighted by atomic mass is 32.1. The summed E-state index contributed by atoms with van der Waals surface area (Å²) in [5.74, 6) is -2.35. The van der Waals surface area contributed by atoms with E-state index < -0.39 is 17.4 Å². The number of hydrogen-bond acceptors (Lipinski definition) is 4. The van der Waals surface area contributed by atoms with Crippen molar-refractivity contribution >= 4 is 22.5 Å². The topological polar surface area (TPSA) is 64.2 Å². The van der Waals surface area contributed by atoms with Crippen LogP contribution in [0, 0.1) is 29.9 Å². The molecule has 0 saturated heterocycles. The lowest BCUT2D eigenvalue weighted by Crippen LogP contribution is -1.95. The first-order valence-electron chi connectivity index (χ1n) is 8.11. The van der Waals surface area contributed by atoms with Crippen molar-refractivity contribution in [1.29, 1.82) is 5.26 Å². The van der Waals surface area contributed by atoms with Crippen LogP contribution in [0.1, 0.15) is 33.4 Å². The van der Waals surface area contributed by atoms with Crippen LogP contribution in [0.5, 0.6) is 11.5 Å². The van der Waals surface area contributed by atoms with Crippen molar-refractivity contribution < 1.29 is 19.0 Å². The van der Waals surface area contributed by atoms with Crippen LogP contribution in [-0.2, 0) is 6.42 Å². The molecule has 1 aliphatic rings. The Bertz CT molecular complexity index is 1170. The molecule has 0 atom stereocenters. The molecule has 0 spiro atoms. The molecule has 2 N–H and O–H groups in total. The molecule has 4 rings (SSSR count). The standard InChI is InChI=1S/C21H13F2NO2S/c1-10-2-12(25)3-15-13(10)4-16(14-5-19(23)20(26)6-18(14)22)21(15)17-9-27-8-11(17)7-24/h2-3,5-6,8-9,25-26H,4H2,1H3. The van der Waals surface area contributed by atoms with E-state index in [2.05, 4.69) is 6.07 Å². The molecule has 0 unspecified atom stereocenters. The maximum Gasteiger partial charge on any atom is 0.165 e. The number of aromatic hydroxyl groups is 2. The second-order valence-electron chi connectivity index (χ2n) is 6.41. The predicted molar refractivity (Wildman–Crippen MR) is 99.5 cm³/mol. The second kappa shape index (κ2) is 6.22. The van der Waals surface area contributed by atoms with E-state index >= 15 is 0 Å². The summed E-state index contributed by atoms with van der Waals surface area (Å²) in [7, 11) is 0. The van der Waals surface area contributed by atoms with Gasteiger partial charge < -0.3 is 10.2 Å². The number of nitriles is 1. The Balaban J connectivity index is 2.07. The van der Waals surface area contributed by atoms with Gasteiger partial charge in [0.2, 0.25) is 0 Å². The fraction of sp³-hybridized carbons (Fsp3) is 0.0952. The van der Waals surface area contributed by atoms with Crippen LogP contribution in [-0.4, -0.2) is 10.2 Å². The molecule has 134 valence electrons. The summed E-state index contributed by atoms with van der Waals surface area (Å²) in [4.78, 5) is 0. The molecule has 0 bridgehead atoms. The Morgan fingerprint density at radius 2 is 1.78 bits per heavy atom. The van der Waals surface area contributed by atoms with Crippen LogP contribution in [0.4, 0.5) is 8.78 Å². The summed E-state index contributed by atoms with van der Waals surface area (Å²) in [5.41, 5.74) is 4.62. The fourth-order valence-corrected chi connectivity index (χ4v) is 4.33. The van der Waals surface area contributed by atoms with Crippen molar-refractivity contribution in [2.45, 2.75) is 13.3 Å². The summed E-state index contributed by atoms with van der Waals surface area (Å²) in [6.07, 6.45) is 0.332. The predicted octanol–water partition coefficient (Wildman–Crippen LogP) is 5.13. The third kappa shape index (κ3) is 2.68. The molecule has 3 nitrogen and oxygen atoms in total. The number of nitrogens with zero attached hydrogens (tertiary/aromatic N) is 1. The highest BCUT2D eigenvalue weighted by Crippen LogP contribution is 2.47. The van der Waals surface area contributed by atoms with Crippen molar-refractivity contribution in [3.05, 3.63) is 80.0 Å². The molecular formula is C21H13F2NO2S. The third-order valence-electron chi connectivity index (χ3n) is 4.80. The van der Waals surface area contributed by atoms with Crippen LogP contribution >= 0.6 is 11.3 Å². The maximum absolute atomic E-state index is 14.6. The normalized spacial score (nSPS) is 13.0.